The molecule has 4 nitrogen and oxygen atoms in total. The van der Waals surface area contributed by atoms with E-state index in [-0.39, 0.29) is 18.0 Å². The fraction of sp³-hybridized carbons (Fsp3) is 0.920. The predicted molar refractivity (Wildman–Crippen MR) is 121 cm³/mol. The zero-order valence-corrected chi connectivity index (χ0v) is 19.1. The highest BCUT2D eigenvalue weighted by atomic mass is 16.5. The zero-order chi connectivity index (χ0) is 21.0. The van der Waals surface area contributed by atoms with Crippen molar-refractivity contribution in [2.45, 2.75) is 129 Å². The molecule has 170 valence electrons. The first-order valence-corrected chi connectivity index (χ1v) is 12.6. The van der Waals surface area contributed by atoms with Gasteiger partial charge in [0.25, 0.3) is 0 Å². The number of hydrogen-bond acceptors (Lipinski definition) is 4. The van der Waals surface area contributed by atoms with Gasteiger partial charge in [-0.15, -0.1) is 0 Å². The Balaban J connectivity index is 2.24. The Labute approximate surface area is 179 Å². The Bertz CT molecular complexity index is 394. The molecule has 1 N–H and O–H groups in total. The van der Waals surface area contributed by atoms with E-state index in [9.17, 15) is 9.59 Å². The molecule has 0 saturated carbocycles. The van der Waals surface area contributed by atoms with Crippen LogP contribution in [0.5, 0.6) is 0 Å². The van der Waals surface area contributed by atoms with Crippen molar-refractivity contribution in [3.8, 4) is 0 Å². The molecule has 1 rings (SSSR count). The van der Waals surface area contributed by atoms with E-state index < -0.39 is 0 Å². The first-order chi connectivity index (χ1) is 14.3. The van der Waals surface area contributed by atoms with Gasteiger partial charge in [-0.1, -0.05) is 71.1 Å². The first-order valence-electron chi connectivity index (χ1n) is 12.6. The summed E-state index contributed by atoms with van der Waals surface area (Å²) in [7, 11) is 0. The standard InChI is InChI=1S/C25H47NO3/c1-2-3-4-5-7-10-13-16-24(17-14-11-8-6-9-12-15-22-27)29-25(28)23-18-20-26-21-19-23/h22-24,26H,2-21H2,1H3. The molecule has 1 aliphatic heterocycles. The minimum Gasteiger partial charge on any atom is -0.462 e. The highest BCUT2D eigenvalue weighted by molar-refractivity contribution is 5.72. The average molecular weight is 410 g/mol. The molecule has 0 radical (unpaired) electrons. The highest BCUT2D eigenvalue weighted by Gasteiger charge is 2.24. The molecule has 0 amide bonds. The van der Waals surface area contributed by atoms with E-state index in [1.165, 1.54) is 64.2 Å². The van der Waals surface area contributed by atoms with Gasteiger partial charge in [0.2, 0.25) is 0 Å². The molecular weight excluding hydrogens is 362 g/mol. The maximum atomic E-state index is 12.6. The number of aldehydes is 1. The molecule has 1 fully saturated rings. The van der Waals surface area contributed by atoms with E-state index in [0.29, 0.717) is 6.42 Å². The smallest absolute Gasteiger partial charge is 0.309 e. The number of rotatable bonds is 19. The van der Waals surface area contributed by atoms with Gasteiger partial charge in [-0.3, -0.25) is 4.79 Å². The number of esters is 1. The highest BCUT2D eigenvalue weighted by Crippen LogP contribution is 2.21. The van der Waals surface area contributed by atoms with Crippen LogP contribution in [-0.4, -0.2) is 31.4 Å². The Morgan fingerprint density at radius 1 is 0.862 bits per heavy atom. The van der Waals surface area contributed by atoms with Crippen LogP contribution in [0.2, 0.25) is 0 Å². The van der Waals surface area contributed by atoms with E-state index in [1.54, 1.807) is 0 Å². The van der Waals surface area contributed by atoms with Crippen LogP contribution < -0.4 is 5.32 Å². The van der Waals surface area contributed by atoms with Crippen LogP contribution >= 0.6 is 0 Å². The monoisotopic (exact) mass is 409 g/mol. The molecular formula is C25H47NO3. The van der Waals surface area contributed by atoms with Crippen molar-refractivity contribution >= 4 is 12.3 Å². The molecule has 1 aliphatic rings. The number of carbonyl (C=O) groups is 2. The topological polar surface area (TPSA) is 55.4 Å². The summed E-state index contributed by atoms with van der Waals surface area (Å²) in [4.78, 5) is 22.9. The summed E-state index contributed by atoms with van der Waals surface area (Å²) in [6.07, 6.45) is 21.8. The summed E-state index contributed by atoms with van der Waals surface area (Å²) in [5.74, 6) is 0.152. The predicted octanol–water partition coefficient (Wildman–Crippen LogP) is 6.36. The van der Waals surface area contributed by atoms with Crippen LogP contribution in [-0.2, 0) is 14.3 Å². The number of carbonyl (C=O) groups excluding carboxylic acids is 2. The van der Waals surface area contributed by atoms with Gasteiger partial charge in [0, 0.05) is 6.42 Å². The Kier molecular flexibility index (Phi) is 17.2. The van der Waals surface area contributed by atoms with Gasteiger partial charge < -0.3 is 14.8 Å². The van der Waals surface area contributed by atoms with Crippen molar-refractivity contribution in [1.82, 2.24) is 5.32 Å². The summed E-state index contributed by atoms with van der Waals surface area (Å²) in [6.45, 7) is 4.13. The molecule has 1 heterocycles. The largest absolute Gasteiger partial charge is 0.462 e. The summed E-state index contributed by atoms with van der Waals surface area (Å²) in [6, 6.07) is 0. The second-order valence-electron chi connectivity index (χ2n) is 8.86. The lowest BCUT2D eigenvalue weighted by Gasteiger charge is -2.25. The quantitative estimate of drug-likeness (QED) is 0.153. The first kappa shape index (κ1) is 26.1. The van der Waals surface area contributed by atoms with Crippen LogP contribution in [0.15, 0.2) is 0 Å². The third-order valence-electron chi connectivity index (χ3n) is 6.18. The van der Waals surface area contributed by atoms with Gasteiger partial charge in [-0.25, -0.2) is 0 Å². The number of unbranched alkanes of at least 4 members (excludes halogenated alkanes) is 12. The maximum absolute atomic E-state index is 12.6. The van der Waals surface area contributed by atoms with Gasteiger partial charge in [0.1, 0.15) is 12.4 Å². The molecule has 29 heavy (non-hydrogen) atoms. The second kappa shape index (κ2) is 19.1. The summed E-state index contributed by atoms with van der Waals surface area (Å²) >= 11 is 0. The Morgan fingerprint density at radius 2 is 1.38 bits per heavy atom. The van der Waals surface area contributed by atoms with Gasteiger partial charge >= 0.3 is 5.97 Å². The fourth-order valence-corrected chi connectivity index (χ4v) is 4.22. The van der Waals surface area contributed by atoms with Crippen LogP contribution in [0.1, 0.15) is 122 Å². The molecule has 0 spiro atoms. The molecule has 0 aliphatic carbocycles. The molecule has 0 aromatic heterocycles. The van der Waals surface area contributed by atoms with Crippen molar-refractivity contribution in [3.05, 3.63) is 0 Å². The van der Waals surface area contributed by atoms with E-state index in [2.05, 4.69) is 12.2 Å². The van der Waals surface area contributed by atoms with E-state index in [4.69, 9.17) is 4.74 Å². The molecule has 0 bridgehead atoms. The number of hydrogen-bond donors (Lipinski definition) is 1. The lowest BCUT2D eigenvalue weighted by molar-refractivity contribution is -0.155. The lowest BCUT2D eigenvalue weighted by atomic mass is 9.97. The van der Waals surface area contributed by atoms with Gasteiger partial charge in [-0.2, -0.15) is 0 Å². The molecule has 1 atom stereocenters. The normalized spacial score (nSPS) is 15.9. The molecule has 1 saturated heterocycles. The van der Waals surface area contributed by atoms with Crippen LogP contribution in [0.25, 0.3) is 0 Å². The van der Waals surface area contributed by atoms with E-state index in [1.807, 2.05) is 0 Å². The van der Waals surface area contributed by atoms with Crippen molar-refractivity contribution < 1.29 is 14.3 Å². The fourth-order valence-electron chi connectivity index (χ4n) is 4.22. The van der Waals surface area contributed by atoms with Crippen molar-refractivity contribution in [1.29, 1.82) is 0 Å². The molecule has 0 aromatic carbocycles. The third-order valence-corrected chi connectivity index (χ3v) is 6.18. The van der Waals surface area contributed by atoms with Crippen LogP contribution in [0, 0.1) is 5.92 Å². The summed E-state index contributed by atoms with van der Waals surface area (Å²) in [5, 5.41) is 3.33. The Hall–Kier alpha value is -0.900. The van der Waals surface area contributed by atoms with Crippen LogP contribution in [0.4, 0.5) is 0 Å². The average Bonchev–Trinajstić information content (AvgIpc) is 2.75. The van der Waals surface area contributed by atoms with Crippen molar-refractivity contribution in [3.63, 3.8) is 0 Å². The molecule has 4 heteroatoms. The van der Waals surface area contributed by atoms with E-state index in [0.717, 1.165) is 64.3 Å². The molecule has 0 aromatic rings. The van der Waals surface area contributed by atoms with E-state index >= 15 is 0 Å². The number of ether oxygens (including phenoxy) is 1. The summed E-state index contributed by atoms with van der Waals surface area (Å²) in [5.41, 5.74) is 0. The van der Waals surface area contributed by atoms with Gasteiger partial charge in [0.05, 0.1) is 5.92 Å². The SMILES string of the molecule is CCCCCCCCCC(CCCCCCCCC=O)OC(=O)C1CCNCC1. The minimum atomic E-state index is 0.0494. The van der Waals surface area contributed by atoms with Crippen molar-refractivity contribution in [2.24, 2.45) is 5.92 Å². The summed E-state index contributed by atoms with van der Waals surface area (Å²) < 4.78 is 5.99. The Morgan fingerprint density at radius 3 is 1.93 bits per heavy atom. The van der Waals surface area contributed by atoms with Crippen molar-refractivity contribution in [2.75, 3.05) is 13.1 Å². The van der Waals surface area contributed by atoms with Gasteiger partial charge in [-0.05, 0) is 58.0 Å². The zero-order valence-electron chi connectivity index (χ0n) is 19.1. The molecule has 1 unspecified atom stereocenters. The second-order valence-corrected chi connectivity index (χ2v) is 8.86. The number of nitrogens with one attached hydrogen (secondary N) is 1. The maximum Gasteiger partial charge on any atom is 0.309 e. The minimum absolute atomic E-state index is 0.0494. The van der Waals surface area contributed by atoms with Gasteiger partial charge in [0.15, 0.2) is 0 Å². The van der Waals surface area contributed by atoms with Crippen LogP contribution in [0.3, 0.4) is 0 Å². The lowest BCUT2D eigenvalue weighted by Crippen LogP contribution is -2.34. The number of piperidine rings is 1. The third kappa shape index (κ3) is 14.7.